The van der Waals surface area contributed by atoms with E-state index in [2.05, 4.69) is 4.98 Å². The summed E-state index contributed by atoms with van der Waals surface area (Å²) in [6.07, 6.45) is -4.50. The van der Waals surface area contributed by atoms with Crippen LogP contribution in [0.3, 0.4) is 0 Å². The lowest BCUT2D eigenvalue weighted by atomic mass is 10.0. The van der Waals surface area contributed by atoms with E-state index in [0.717, 1.165) is 35.2 Å². The molecule has 0 aliphatic carbocycles. The maximum Gasteiger partial charge on any atom is 0.416 e. The van der Waals surface area contributed by atoms with E-state index in [1.807, 2.05) is 0 Å². The van der Waals surface area contributed by atoms with Crippen molar-refractivity contribution >= 4 is 83.9 Å². The molecule has 0 spiro atoms. The Bertz CT molecular complexity index is 1660. The lowest BCUT2D eigenvalue weighted by molar-refractivity contribution is -0.137. The number of rotatable bonds is 5. The minimum Gasteiger partial charge on any atom is -0.294 e. The Hall–Kier alpha value is -1.86. The van der Waals surface area contributed by atoms with Crippen LogP contribution in [0.1, 0.15) is 22.8 Å². The van der Waals surface area contributed by atoms with E-state index < -0.39 is 21.8 Å². The van der Waals surface area contributed by atoms with Crippen LogP contribution in [0.2, 0.25) is 15.1 Å². The number of primary sulfonamides is 1. The third-order valence-corrected chi connectivity index (χ3v) is 9.38. The number of hydrogen-bond donors (Lipinski definition) is 1. The number of thiazole rings is 1. The molecule has 0 saturated carbocycles. The first-order chi connectivity index (χ1) is 16.7. The summed E-state index contributed by atoms with van der Waals surface area (Å²) < 4.78 is 63.8. The van der Waals surface area contributed by atoms with Gasteiger partial charge < -0.3 is 0 Å². The number of alkyl halides is 3. The average molecular weight is 612 g/mol. The SMILES string of the molecule is CC(=O)c1cc(-c2c(Cl)ccc(S(N)(=O)=O)c2Cl)cc(Cl)c1Sc1nc2cc(C(F)(F)F)ccc2s1. The molecule has 0 amide bonds. The highest BCUT2D eigenvalue weighted by molar-refractivity contribution is 8.01. The molecule has 0 aliphatic heterocycles. The van der Waals surface area contributed by atoms with Crippen LogP contribution in [0.4, 0.5) is 13.2 Å². The van der Waals surface area contributed by atoms with Gasteiger partial charge in [0.05, 0.1) is 25.8 Å². The quantitative estimate of drug-likeness (QED) is 0.231. The Morgan fingerprint density at radius 3 is 2.36 bits per heavy atom. The molecule has 1 heterocycles. The molecule has 4 aromatic rings. The highest BCUT2D eigenvalue weighted by Gasteiger charge is 2.31. The smallest absolute Gasteiger partial charge is 0.294 e. The summed E-state index contributed by atoms with van der Waals surface area (Å²) in [6, 6.07) is 8.63. The minimum absolute atomic E-state index is 0.102. The molecule has 1 aromatic heterocycles. The molecule has 3 aromatic carbocycles. The second-order valence-electron chi connectivity index (χ2n) is 7.43. The van der Waals surface area contributed by atoms with E-state index in [1.165, 1.54) is 37.3 Å². The number of aromatic nitrogens is 1. The molecular formula is C22H12Cl3F3N2O3S3. The van der Waals surface area contributed by atoms with E-state index in [-0.39, 0.29) is 48.0 Å². The molecule has 14 heteroatoms. The summed E-state index contributed by atoms with van der Waals surface area (Å²) in [5.74, 6) is -0.378. The molecular weight excluding hydrogens is 600 g/mol. The predicted molar refractivity (Wildman–Crippen MR) is 137 cm³/mol. The first-order valence-corrected chi connectivity index (χ1v) is 14.0. The van der Waals surface area contributed by atoms with Crippen molar-refractivity contribution in [2.75, 3.05) is 0 Å². The van der Waals surface area contributed by atoms with Crippen molar-refractivity contribution in [3.05, 3.63) is 68.7 Å². The Kier molecular flexibility index (Phi) is 7.39. The van der Waals surface area contributed by atoms with Gasteiger partial charge in [0.1, 0.15) is 4.90 Å². The van der Waals surface area contributed by atoms with E-state index in [9.17, 15) is 26.4 Å². The molecule has 0 unspecified atom stereocenters. The third kappa shape index (κ3) is 5.38. The number of nitrogens with zero attached hydrogens (tertiary/aromatic N) is 1. The topological polar surface area (TPSA) is 90.1 Å². The molecule has 4 rings (SSSR count). The maximum absolute atomic E-state index is 13.0. The number of fused-ring (bicyclic) bond motifs is 1. The molecule has 0 saturated heterocycles. The normalized spacial score (nSPS) is 12.3. The van der Waals surface area contributed by atoms with Gasteiger partial charge in [0.25, 0.3) is 0 Å². The van der Waals surface area contributed by atoms with Crippen molar-refractivity contribution < 1.29 is 26.4 Å². The molecule has 0 atom stereocenters. The maximum atomic E-state index is 13.0. The van der Waals surface area contributed by atoms with Crippen molar-refractivity contribution in [3.63, 3.8) is 0 Å². The van der Waals surface area contributed by atoms with Crippen LogP contribution in [0.5, 0.6) is 0 Å². The number of carbonyl (C=O) groups is 1. The monoisotopic (exact) mass is 610 g/mol. The van der Waals surface area contributed by atoms with Gasteiger partial charge in [-0.15, -0.1) is 11.3 Å². The van der Waals surface area contributed by atoms with Gasteiger partial charge in [-0.25, -0.2) is 18.5 Å². The molecule has 2 N–H and O–H groups in total. The highest BCUT2D eigenvalue weighted by Crippen LogP contribution is 2.45. The fourth-order valence-corrected chi connectivity index (χ4v) is 7.34. The Morgan fingerprint density at radius 1 is 1.06 bits per heavy atom. The first kappa shape index (κ1) is 27.2. The second kappa shape index (κ2) is 9.79. The van der Waals surface area contributed by atoms with Crippen molar-refractivity contribution in [1.82, 2.24) is 4.98 Å². The van der Waals surface area contributed by atoms with Gasteiger partial charge in [-0.1, -0.05) is 46.6 Å². The van der Waals surface area contributed by atoms with Gasteiger partial charge in [0, 0.05) is 21.0 Å². The summed E-state index contributed by atoms with van der Waals surface area (Å²) >= 11 is 21.3. The zero-order valence-electron chi connectivity index (χ0n) is 17.8. The van der Waals surface area contributed by atoms with Crippen LogP contribution in [0, 0.1) is 0 Å². The van der Waals surface area contributed by atoms with Crippen LogP contribution in [0.25, 0.3) is 21.3 Å². The molecule has 0 fully saturated rings. The van der Waals surface area contributed by atoms with Gasteiger partial charge >= 0.3 is 6.18 Å². The number of halogens is 6. The van der Waals surface area contributed by atoms with Crippen LogP contribution >= 0.6 is 57.9 Å². The minimum atomic E-state index is -4.50. The first-order valence-electron chi connectivity index (χ1n) is 9.68. The summed E-state index contributed by atoms with van der Waals surface area (Å²) in [5.41, 5.74) is -0.113. The fraction of sp³-hybridized carbons (Fsp3) is 0.0909. The number of carbonyl (C=O) groups excluding carboxylic acids is 1. The number of benzene rings is 3. The number of Topliss-reactive ketones (excluding diaryl/α,β-unsaturated/α-hetero) is 1. The van der Waals surface area contributed by atoms with E-state index >= 15 is 0 Å². The largest absolute Gasteiger partial charge is 0.416 e. The Morgan fingerprint density at radius 2 is 1.75 bits per heavy atom. The summed E-state index contributed by atoms with van der Waals surface area (Å²) in [5, 5.41) is 5.20. The van der Waals surface area contributed by atoms with Crippen molar-refractivity contribution in [3.8, 4) is 11.1 Å². The van der Waals surface area contributed by atoms with Crippen LogP contribution in [-0.2, 0) is 16.2 Å². The van der Waals surface area contributed by atoms with E-state index in [1.54, 1.807) is 0 Å². The standard InChI is InChI=1S/C22H12Cl3F3N2O3S3/c1-9(31)12-6-10(18-13(23)3-5-17(19(18)25)36(29,32)33)7-14(24)20(12)35-21-30-15-8-11(22(26,27)28)2-4-16(15)34-21/h2-8H,1H3,(H2,29,32,33). The molecule has 188 valence electrons. The molecule has 0 bridgehead atoms. The Labute approximate surface area is 226 Å². The third-order valence-electron chi connectivity index (χ3n) is 4.96. The molecule has 0 aliphatic rings. The Balaban J connectivity index is 1.82. The van der Waals surface area contributed by atoms with Crippen LogP contribution in [-0.4, -0.2) is 19.2 Å². The zero-order chi connectivity index (χ0) is 26.6. The van der Waals surface area contributed by atoms with Crippen LogP contribution < -0.4 is 5.14 Å². The highest BCUT2D eigenvalue weighted by atomic mass is 35.5. The number of nitrogens with two attached hydrogens (primary N) is 1. The number of hydrogen-bond acceptors (Lipinski definition) is 6. The van der Waals surface area contributed by atoms with Gasteiger partial charge in [-0.2, -0.15) is 13.2 Å². The van der Waals surface area contributed by atoms with Gasteiger partial charge in [0.15, 0.2) is 10.1 Å². The predicted octanol–water partition coefficient (Wildman–Crippen LogP) is 7.94. The average Bonchev–Trinajstić information content (AvgIpc) is 3.15. The molecule has 36 heavy (non-hydrogen) atoms. The molecule has 5 nitrogen and oxygen atoms in total. The number of sulfonamides is 1. The lowest BCUT2D eigenvalue weighted by Gasteiger charge is -2.15. The second-order valence-corrected chi connectivity index (χ2v) is 12.4. The number of ketones is 1. The van der Waals surface area contributed by atoms with Gasteiger partial charge in [-0.3, -0.25) is 4.79 Å². The summed E-state index contributed by atoms with van der Waals surface area (Å²) in [6.45, 7) is 1.30. The van der Waals surface area contributed by atoms with Gasteiger partial charge in [0.2, 0.25) is 10.0 Å². The van der Waals surface area contributed by atoms with E-state index in [4.69, 9.17) is 39.9 Å². The van der Waals surface area contributed by atoms with Crippen LogP contribution in [0.15, 0.2) is 56.6 Å². The van der Waals surface area contributed by atoms with E-state index in [0.29, 0.717) is 13.9 Å². The zero-order valence-corrected chi connectivity index (χ0v) is 22.5. The summed E-state index contributed by atoms with van der Waals surface area (Å²) in [7, 11) is -4.16. The van der Waals surface area contributed by atoms with Crippen molar-refractivity contribution in [2.24, 2.45) is 5.14 Å². The van der Waals surface area contributed by atoms with Gasteiger partial charge in [-0.05, 0) is 55.0 Å². The summed E-state index contributed by atoms with van der Waals surface area (Å²) in [4.78, 5) is 16.7. The lowest BCUT2D eigenvalue weighted by Crippen LogP contribution is -2.13. The van der Waals surface area contributed by atoms with Crippen molar-refractivity contribution in [1.29, 1.82) is 0 Å². The van der Waals surface area contributed by atoms with Crippen molar-refractivity contribution in [2.45, 2.75) is 27.2 Å². The fourth-order valence-electron chi connectivity index (χ4n) is 3.33. The molecule has 0 radical (unpaired) electrons.